The molecule has 3 heterocycles. The molecule has 31 heavy (non-hydrogen) atoms. The van der Waals surface area contributed by atoms with E-state index in [0.29, 0.717) is 23.5 Å². The van der Waals surface area contributed by atoms with E-state index in [4.69, 9.17) is 4.98 Å². The Balaban J connectivity index is 1.48. The van der Waals surface area contributed by atoms with Crippen LogP contribution < -0.4 is 5.32 Å². The Labute approximate surface area is 178 Å². The summed E-state index contributed by atoms with van der Waals surface area (Å²) in [5, 5.41) is 7.93. The molecule has 0 aliphatic heterocycles. The van der Waals surface area contributed by atoms with Crippen molar-refractivity contribution >= 4 is 22.5 Å². The topological polar surface area (TPSA) is 85.6 Å². The SMILES string of the molecule is O=C(Nc1cccc(Cn2cncn2)c1)c1cc(-c2ccccn2)nc2ccccc12. The summed E-state index contributed by atoms with van der Waals surface area (Å²) in [6.07, 6.45) is 4.87. The maximum absolute atomic E-state index is 13.3. The fourth-order valence-corrected chi connectivity index (χ4v) is 3.46. The van der Waals surface area contributed by atoms with Gasteiger partial charge < -0.3 is 5.32 Å². The van der Waals surface area contributed by atoms with Gasteiger partial charge in [-0.15, -0.1) is 0 Å². The highest BCUT2D eigenvalue weighted by Crippen LogP contribution is 2.24. The Morgan fingerprint density at radius 1 is 0.935 bits per heavy atom. The second-order valence-electron chi connectivity index (χ2n) is 7.03. The number of para-hydroxylation sites is 1. The van der Waals surface area contributed by atoms with Crippen molar-refractivity contribution in [3.05, 3.63) is 103 Å². The zero-order valence-electron chi connectivity index (χ0n) is 16.5. The molecule has 2 aromatic carbocycles. The molecule has 0 atom stereocenters. The minimum absolute atomic E-state index is 0.200. The first-order valence-corrected chi connectivity index (χ1v) is 9.80. The monoisotopic (exact) mass is 406 g/mol. The fourth-order valence-electron chi connectivity index (χ4n) is 3.46. The zero-order valence-corrected chi connectivity index (χ0v) is 16.5. The minimum atomic E-state index is -0.200. The van der Waals surface area contributed by atoms with Crippen LogP contribution in [0.3, 0.4) is 0 Å². The van der Waals surface area contributed by atoms with Crippen molar-refractivity contribution in [3.8, 4) is 11.4 Å². The second-order valence-corrected chi connectivity index (χ2v) is 7.03. The van der Waals surface area contributed by atoms with Crippen molar-refractivity contribution in [1.82, 2.24) is 24.7 Å². The Hall–Kier alpha value is -4.39. The summed E-state index contributed by atoms with van der Waals surface area (Å²) in [4.78, 5) is 26.3. The molecule has 0 unspecified atom stereocenters. The molecule has 0 aliphatic rings. The van der Waals surface area contributed by atoms with E-state index < -0.39 is 0 Å². The lowest BCUT2D eigenvalue weighted by atomic mass is 10.1. The van der Waals surface area contributed by atoms with Crippen LogP contribution in [0, 0.1) is 0 Å². The average Bonchev–Trinajstić information content (AvgIpc) is 3.32. The van der Waals surface area contributed by atoms with E-state index in [0.717, 1.165) is 22.2 Å². The molecule has 0 saturated heterocycles. The predicted molar refractivity (Wildman–Crippen MR) is 118 cm³/mol. The van der Waals surface area contributed by atoms with Crippen LogP contribution in [0.2, 0.25) is 0 Å². The first-order chi connectivity index (χ1) is 15.3. The summed E-state index contributed by atoms with van der Waals surface area (Å²) in [6, 6.07) is 22.7. The van der Waals surface area contributed by atoms with Crippen LogP contribution in [-0.2, 0) is 6.54 Å². The zero-order chi connectivity index (χ0) is 21.0. The molecule has 1 N–H and O–H groups in total. The summed E-state index contributed by atoms with van der Waals surface area (Å²) in [7, 11) is 0. The predicted octanol–water partition coefficient (Wildman–Crippen LogP) is 4.19. The summed E-state index contributed by atoms with van der Waals surface area (Å²) < 4.78 is 1.73. The number of benzene rings is 2. The van der Waals surface area contributed by atoms with Crippen LogP contribution >= 0.6 is 0 Å². The number of carbonyl (C=O) groups excluding carboxylic acids is 1. The first-order valence-electron chi connectivity index (χ1n) is 9.80. The number of nitrogens with one attached hydrogen (secondary N) is 1. The van der Waals surface area contributed by atoms with Crippen LogP contribution in [0.1, 0.15) is 15.9 Å². The molecule has 7 nitrogen and oxygen atoms in total. The third-order valence-corrected chi connectivity index (χ3v) is 4.88. The number of aromatic nitrogens is 5. The molecule has 0 spiro atoms. The third-order valence-electron chi connectivity index (χ3n) is 4.88. The lowest BCUT2D eigenvalue weighted by molar-refractivity contribution is 0.102. The molecule has 3 aromatic heterocycles. The number of pyridine rings is 2. The summed E-state index contributed by atoms with van der Waals surface area (Å²) >= 11 is 0. The molecule has 0 fully saturated rings. The quantitative estimate of drug-likeness (QED) is 0.473. The van der Waals surface area contributed by atoms with Gasteiger partial charge in [0.1, 0.15) is 12.7 Å². The highest BCUT2D eigenvalue weighted by Gasteiger charge is 2.15. The molecule has 0 saturated carbocycles. The van der Waals surface area contributed by atoms with Crippen molar-refractivity contribution < 1.29 is 4.79 Å². The number of carbonyl (C=O) groups is 1. The number of fused-ring (bicyclic) bond motifs is 1. The van der Waals surface area contributed by atoms with E-state index in [-0.39, 0.29) is 5.91 Å². The molecule has 5 aromatic rings. The van der Waals surface area contributed by atoms with E-state index in [9.17, 15) is 4.79 Å². The number of hydrogen-bond donors (Lipinski definition) is 1. The number of anilines is 1. The van der Waals surface area contributed by atoms with Crippen molar-refractivity contribution in [2.24, 2.45) is 0 Å². The molecule has 0 bridgehead atoms. The van der Waals surface area contributed by atoms with Crippen molar-refractivity contribution in [3.63, 3.8) is 0 Å². The van der Waals surface area contributed by atoms with E-state index >= 15 is 0 Å². The highest BCUT2D eigenvalue weighted by atomic mass is 16.1. The summed E-state index contributed by atoms with van der Waals surface area (Å²) in [6.45, 7) is 0.575. The summed E-state index contributed by atoms with van der Waals surface area (Å²) in [5.74, 6) is -0.200. The number of hydrogen-bond acceptors (Lipinski definition) is 5. The lowest BCUT2D eigenvalue weighted by Gasteiger charge is -2.11. The van der Waals surface area contributed by atoms with E-state index in [1.807, 2.05) is 66.7 Å². The van der Waals surface area contributed by atoms with Crippen LogP contribution in [0.15, 0.2) is 91.6 Å². The van der Waals surface area contributed by atoms with Gasteiger partial charge in [0.25, 0.3) is 5.91 Å². The van der Waals surface area contributed by atoms with Gasteiger partial charge in [-0.1, -0.05) is 36.4 Å². The number of nitrogens with zero attached hydrogens (tertiary/aromatic N) is 5. The normalized spacial score (nSPS) is 10.8. The molecule has 5 rings (SSSR count). The number of amides is 1. The van der Waals surface area contributed by atoms with Gasteiger partial charge in [-0.25, -0.2) is 14.6 Å². The van der Waals surface area contributed by atoms with E-state index in [1.54, 1.807) is 23.3 Å². The van der Waals surface area contributed by atoms with Crippen LogP contribution in [0.4, 0.5) is 5.69 Å². The first kappa shape index (κ1) is 18.6. The molecular weight excluding hydrogens is 388 g/mol. The molecular formula is C24H18N6O. The average molecular weight is 406 g/mol. The van der Waals surface area contributed by atoms with Crippen molar-refractivity contribution in [2.45, 2.75) is 6.54 Å². The Bertz CT molecular complexity index is 1350. The van der Waals surface area contributed by atoms with Gasteiger partial charge in [0.15, 0.2) is 0 Å². The summed E-state index contributed by atoms with van der Waals surface area (Å²) in [5.41, 5.74) is 4.39. The highest BCUT2D eigenvalue weighted by molar-refractivity contribution is 6.13. The van der Waals surface area contributed by atoms with Crippen LogP contribution in [0.5, 0.6) is 0 Å². The minimum Gasteiger partial charge on any atom is -0.322 e. The standard InChI is InChI=1S/C24H18N6O/c31-24(28-18-7-5-6-17(12-18)14-30-16-25-15-27-30)20-13-23(22-10-3-4-11-26-22)29-21-9-2-1-8-19(20)21/h1-13,15-16H,14H2,(H,28,31). The lowest BCUT2D eigenvalue weighted by Crippen LogP contribution is -2.13. The van der Waals surface area contributed by atoms with Gasteiger partial charge >= 0.3 is 0 Å². The molecule has 7 heteroatoms. The molecule has 1 amide bonds. The van der Waals surface area contributed by atoms with Gasteiger partial charge in [-0.3, -0.25) is 9.78 Å². The van der Waals surface area contributed by atoms with Gasteiger partial charge in [0.05, 0.1) is 29.0 Å². The fraction of sp³-hybridized carbons (Fsp3) is 0.0417. The Morgan fingerprint density at radius 2 is 1.84 bits per heavy atom. The van der Waals surface area contributed by atoms with Gasteiger partial charge in [0, 0.05) is 17.3 Å². The maximum atomic E-state index is 13.3. The van der Waals surface area contributed by atoms with Gasteiger partial charge in [-0.05, 0) is 42.0 Å². The molecule has 150 valence electrons. The van der Waals surface area contributed by atoms with Crippen molar-refractivity contribution in [2.75, 3.05) is 5.32 Å². The Kier molecular flexibility index (Phi) is 4.90. The Morgan fingerprint density at radius 3 is 2.68 bits per heavy atom. The third kappa shape index (κ3) is 4.02. The van der Waals surface area contributed by atoms with Crippen LogP contribution in [0.25, 0.3) is 22.3 Å². The largest absolute Gasteiger partial charge is 0.322 e. The number of rotatable bonds is 5. The van der Waals surface area contributed by atoms with Gasteiger partial charge in [-0.2, -0.15) is 5.10 Å². The van der Waals surface area contributed by atoms with Gasteiger partial charge in [0.2, 0.25) is 0 Å². The molecule has 0 radical (unpaired) electrons. The van der Waals surface area contributed by atoms with Crippen LogP contribution in [-0.4, -0.2) is 30.6 Å². The van der Waals surface area contributed by atoms with E-state index in [2.05, 4.69) is 20.4 Å². The van der Waals surface area contributed by atoms with Crippen molar-refractivity contribution in [1.29, 1.82) is 0 Å². The van der Waals surface area contributed by atoms with E-state index in [1.165, 1.54) is 6.33 Å². The second kappa shape index (κ2) is 8.16. The smallest absolute Gasteiger partial charge is 0.256 e. The molecule has 0 aliphatic carbocycles. The maximum Gasteiger partial charge on any atom is 0.256 e.